The molecule has 0 saturated carbocycles. The van der Waals surface area contributed by atoms with Gasteiger partial charge in [-0.3, -0.25) is 4.90 Å². The van der Waals surface area contributed by atoms with E-state index in [9.17, 15) is 4.79 Å². The number of carbonyl (C=O) groups excluding carboxylic acids is 1. The van der Waals surface area contributed by atoms with Gasteiger partial charge in [-0.25, -0.2) is 4.79 Å². The van der Waals surface area contributed by atoms with Crippen LogP contribution in [0.25, 0.3) is 0 Å². The minimum atomic E-state index is -0.340. The summed E-state index contributed by atoms with van der Waals surface area (Å²) in [6.45, 7) is 4.90. The molecule has 1 amide bonds. The molecule has 0 bridgehead atoms. The van der Waals surface area contributed by atoms with Crippen molar-refractivity contribution in [3.05, 3.63) is 29.8 Å². The maximum atomic E-state index is 11.7. The average Bonchev–Trinajstić information content (AvgIpc) is 2.35. The van der Waals surface area contributed by atoms with Gasteiger partial charge in [-0.1, -0.05) is 26.0 Å². The molecule has 0 atom stereocenters. The number of ether oxygens (including phenoxy) is 1. The van der Waals surface area contributed by atoms with Crippen molar-refractivity contribution < 1.29 is 9.53 Å². The van der Waals surface area contributed by atoms with E-state index in [2.05, 4.69) is 0 Å². The second-order valence-corrected chi connectivity index (χ2v) is 4.40. The molecule has 2 N–H and O–H groups in total. The van der Waals surface area contributed by atoms with Crippen LogP contribution < -0.4 is 10.6 Å². The Labute approximate surface area is 102 Å². The lowest BCUT2D eigenvalue weighted by Gasteiger charge is -2.18. The topological polar surface area (TPSA) is 55.6 Å². The van der Waals surface area contributed by atoms with Gasteiger partial charge in [-0.2, -0.15) is 0 Å². The maximum Gasteiger partial charge on any atom is 0.414 e. The fourth-order valence-electron chi connectivity index (χ4n) is 1.33. The molecule has 0 spiro atoms. The summed E-state index contributed by atoms with van der Waals surface area (Å²) in [5, 5.41) is 0. The number of anilines is 1. The van der Waals surface area contributed by atoms with Crippen LogP contribution in [-0.2, 0) is 11.3 Å². The lowest BCUT2D eigenvalue weighted by atomic mass is 10.2. The Balaban J connectivity index is 2.67. The zero-order valence-corrected chi connectivity index (χ0v) is 10.6. The van der Waals surface area contributed by atoms with Crippen molar-refractivity contribution in [2.45, 2.75) is 20.4 Å². The molecule has 0 aliphatic heterocycles. The minimum absolute atomic E-state index is 0.336. The first kappa shape index (κ1) is 13.5. The highest BCUT2D eigenvalue weighted by Crippen LogP contribution is 2.15. The molecule has 1 rings (SSSR count). The highest BCUT2D eigenvalue weighted by molar-refractivity contribution is 5.87. The predicted molar refractivity (Wildman–Crippen MR) is 68.9 cm³/mol. The fraction of sp³-hybridized carbons (Fsp3) is 0.462. The molecular weight excluding hydrogens is 216 g/mol. The molecule has 17 heavy (non-hydrogen) atoms. The summed E-state index contributed by atoms with van der Waals surface area (Å²) in [7, 11) is 1.69. The Kier molecular flexibility index (Phi) is 4.97. The first-order valence-corrected chi connectivity index (χ1v) is 5.74. The first-order chi connectivity index (χ1) is 8.04. The number of carbonyl (C=O) groups is 1. The van der Waals surface area contributed by atoms with Crippen molar-refractivity contribution in [2.75, 3.05) is 18.6 Å². The van der Waals surface area contributed by atoms with Crippen molar-refractivity contribution >= 4 is 11.8 Å². The number of nitrogens with two attached hydrogens (primary N) is 1. The van der Waals surface area contributed by atoms with Crippen LogP contribution in [0.2, 0.25) is 0 Å². The molecule has 0 aliphatic carbocycles. The van der Waals surface area contributed by atoms with Gasteiger partial charge < -0.3 is 10.5 Å². The molecule has 4 heteroatoms. The van der Waals surface area contributed by atoms with E-state index in [1.807, 2.05) is 38.1 Å². The Bertz CT molecular complexity index is 377. The molecular formula is C13H20N2O2. The molecule has 1 aromatic carbocycles. The Morgan fingerprint density at radius 2 is 2.18 bits per heavy atom. The smallest absolute Gasteiger partial charge is 0.414 e. The van der Waals surface area contributed by atoms with Crippen LogP contribution in [-0.4, -0.2) is 19.7 Å². The predicted octanol–water partition coefficient (Wildman–Crippen LogP) is 2.37. The molecule has 0 saturated heterocycles. The summed E-state index contributed by atoms with van der Waals surface area (Å²) in [5.74, 6) is 0.336. The highest BCUT2D eigenvalue weighted by atomic mass is 16.6. The van der Waals surface area contributed by atoms with E-state index in [0.29, 0.717) is 19.1 Å². The molecule has 0 fully saturated rings. The van der Waals surface area contributed by atoms with Crippen molar-refractivity contribution in [1.29, 1.82) is 0 Å². The van der Waals surface area contributed by atoms with Gasteiger partial charge in [-0.15, -0.1) is 0 Å². The monoisotopic (exact) mass is 236 g/mol. The Morgan fingerprint density at radius 1 is 1.47 bits per heavy atom. The molecule has 0 radical (unpaired) electrons. The van der Waals surface area contributed by atoms with Gasteiger partial charge in [0.25, 0.3) is 0 Å². The van der Waals surface area contributed by atoms with Crippen LogP contribution >= 0.6 is 0 Å². The zero-order chi connectivity index (χ0) is 12.8. The minimum Gasteiger partial charge on any atom is -0.449 e. The van der Waals surface area contributed by atoms with Gasteiger partial charge in [-0.05, 0) is 23.6 Å². The molecule has 0 heterocycles. The number of hydrogen-bond acceptors (Lipinski definition) is 3. The summed E-state index contributed by atoms with van der Waals surface area (Å²) in [4.78, 5) is 13.2. The van der Waals surface area contributed by atoms with Gasteiger partial charge in [0.2, 0.25) is 0 Å². The standard InChI is InChI=1S/C13H20N2O2/c1-10(2)9-17-13(16)15(3)12-6-4-5-11(7-12)8-14/h4-7,10H,8-9,14H2,1-3H3. The van der Waals surface area contributed by atoms with E-state index in [1.165, 1.54) is 4.90 Å². The molecule has 0 aliphatic rings. The number of amides is 1. The Hall–Kier alpha value is -1.55. The van der Waals surface area contributed by atoms with Gasteiger partial charge in [0.1, 0.15) is 0 Å². The average molecular weight is 236 g/mol. The third-order valence-electron chi connectivity index (χ3n) is 2.35. The molecule has 0 aromatic heterocycles. The number of rotatable bonds is 4. The van der Waals surface area contributed by atoms with Gasteiger partial charge >= 0.3 is 6.09 Å². The second kappa shape index (κ2) is 6.25. The van der Waals surface area contributed by atoms with Gasteiger partial charge in [0, 0.05) is 19.3 Å². The maximum absolute atomic E-state index is 11.7. The van der Waals surface area contributed by atoms with Crippen molar-refractivity contribution in [3.8, 4) is 0 Å². The third-order valence-corrected chi connectivity index (χ3v) is 2.35. The molecule has 0 unspecified atom stereocenters. The van der Waals surface area contributed by atoms with Crippen molar-refractivity contribution in [2.24, 2.45) is 11.7 Å². The largest absolute Gasteiger partial charge is 0.449 e. The van der Waals surface area contributed by atoms with E-state index in [-0.39, 0.29) is 6.09 Å². The zero-order valence-electron chi connectivity index (χ0n) is 10.6. The van der Waals surface area contributed by atoms with E-state index in [0.717, 1.165) is 11.3 Å². The van der Waals surface area contributed by atoms with Crippen LogP contribution in [0.3, 0.4) is 0 Å². The lowest BCUT2D eigenvalue weighted by molar-refractivity contribution is 0.141. The summed E-state index contributed by atoms with van der Waals surface area (Å²) in [5.41, 5.74) is 7.34. The highest BCUT2D eigenvalue weighted by Gasteiger charge is 2.12. The van der Waals surface area contributed by atoms with Crippen LogP contribution in [0.15, 0.2) is 24.3 Å². The third kappa shape index (κ3) is 4.07. The quantitative estimate of drug-likeness (QED) is 0.873. The summed E-state index contributed by atoms with van der Waals surface area (Å²) in [6.07, 6.45) is -0.340. The molecule has 4 nitrogen and oxygen atoms in total. The molecule has 1 aromatic rings. The first-order valence-electron chi connectivity index (χ1n) is 5.74. The molecule has 94 valence electrons. The number of hydrogen-bond donors (Lipinski definition) is 1. The van der Waals surface area contributed by atoms with Crippen LogP contribution in [0.5, 0.6) is 0 Å². The van der Waals surface area contributed by atoms with E-state index in [1.54, 1.807) is 7.05 Å². The number of nitrogens with zero attached hydrogens (tertiary/aromatic N) is 1. The van der Waals surface area contributed by atoms with Crippen molar-refractivity contribution in [3.63, 3.8) is 0 Å². The van der Waals surface area contributed by atoms with Crippen molar-refractivity contribution in [1.82, 2.24) is 0 Å². The van der Waals surface area contributed by atoms with Gasteiger partial charge in [0.05, 0.1) is 6.61 Å². The lowest BCUT2D eigenvalue weighted by Crippen LogP contribution is -2.28. The number of benzene rings is 1. The van der Waals surface area contributed by atoms with E-state index < -0.39 is 0 Å². The normalized spacial score (nSPS) is 10.4. The van der Waals surface area contributed by atoms with Crippen LogP contribution in [0, 0.1) is 5.92 Å². The van der Waals surface area contributed by atoms with E-state index >= 15 is 0 Å². The fourth-order valence-corrected chi connectivity index (χ4v) is 1.33. The summed E-state index contributed by atoms with van der Waals surface area (Å²) in [6, 6.07) is 7.55. The Morgan fingerprint density at radius 3 is 2.76 bits per heavy atom. The summed E-state index contributed by atoms with van der Waals surface area (Å²) < 4.78 is 5.15. The summed E-state index contributed by atoms with van der Waals surface area (Å²) >= 11 is 0. The van der Waals surface area contributed by atoms with Gasteiger partial charge in [0.15, 0.2) is 0 Å². The van der Waals surface area contributed by atoms with Crippen LogP contribution in [0.4, 0.5) is 10.5 Å². The second-order valence-electron chi connectivity index (χ2n) is 4.40. The van der Waals surface area contributed by atoms with Crippen LogP contribution in [0.1, 0.15) is 19.4 Å². The SMILES string of the molecule is CC(C)COC(=O)N(C)c1cccc(CN)c1. The van der Waals surface area contributed by atoms with E-state index in [4.69, 9.17) is 10.5 Å².